The van der Waals surface area contributed by atoms with Crippen LogP contribution < -0.4 is 14.8 Å². The van der Waals surface area contributed by atoms with Crippen molar-refractivity contribution in [2.45, 2.75) is 40.3 Å². The zero-order valence-corrected chi connectivity index (χ0v) is 18.8. The van der Waals surface area contributed by atoms with E-state index in [-0.39, 0.29) is 12.1 Å². The topological polar surface area (TPSA) is 68.6 Å². The highest BCUT2D eigenvalue weighted by molar-refractivity contribution is 5.74. The van der Waals surface area contributed by atoms with E-state index in [0.29, 0.717) is 30.5 Å². The molecule has 0 unspecified atom stereocenters. The van der Waals surface area contributed by atoms with Crippen molar-refractivity contribution in [1.82, 2.24) is 20.0 Å². The molecular weight excluding hydrogens is 392 g/mol. The number of carbonyl (C=O) groups excluding carboxylic acids is 1. The summed E-state index contributed by atoms with van der Waals surface area (Å²) in [5.41, 5.74) is 2.53. The van der Waals surface area contributed by atoms with Crippen molar-refractivity contribution in [3.05, 3.63) is 65.9 Å². The number of nitrogens with zero attached hydrogens (tertiary/aromatic N) is 3. The standard InChI is InChI=1S/C24H30N4O3/c1-6-25-24(29)27(17(2)3)16-22-18(4)26-28(19-11-8-7-9-12-19)23(22)31-21-14-10-13-20(15-21)30-5/h7-15,17H,6,16H2,1-5H3,(H,25,29). The van der Waals surface area contributed by atoms with Gasteiger partial charge in [0.05, 0.1) is 30.6 Å². The molecule has 0 atom stereocenters. The first-order chi connectivity index (χ1) is 14.9. The minimum atomic E-state index is -0.114. The number of amides is 2. The number of nitrogens with one attached hydrogen (secondary N) is 1. The van der Waals surface area contributed by atoms with E-state index in [4.69, 9.17) is 14.6 Å². The van der Waals surface area contributed by atoms with Crippen molar-refractivity contribution >= 4 is 6.03 Å². The molecule has 1 aromatic heterocycles. The van der Waals surface area contributed by atoms with Crippen LogP contribution in [-0.4, -0.2) is 40.4 Å². The lowest BCUT2D eigenvalue weighted by Gasteiger charge is -2.27. The molecule has 2 aromatic carbocycles. The summed E-state index contributed by atoms with van der Waals surface area (Å²) in [6, 6.07) is 17.1. The Labute approximate surface area is 183 Å². The van der Waals surface area contributed by atoms with Gasteiger partial charge in [-0.3, -0.25) is 0 Å². The Morgan fingerprint density at radius 3 is 2.48 bits per heavy atom. The largest absolute Gasteiger partial charge is 0.497 e. The van der Waals surface area contributed by atoms with Crippen LogP contribution in [0.5, 0.6) is 17.4 Å². The summed E-state index contributed by atoms with van der Waals surface area (Å²) in [6.45, 7) is 8.78. The molecule has 0 spiro atoms. The Morgan fingerprint density at radius 2 is 1.84 bits per heavy atom. The molecule has 7 heteroatoms. The third-order valence-corrected chi connectivity index (χ3v) is 4.93. The van der Waals surface area contributed by atoms with Crippen LogP contribution in [0.4, 0.5) is 4.79 Å². The predicted octanol–water partition coefficient (Wildman–Crippen LogP) is 4.92. The van der Waals surface area contributed by atoms with Crippen LogP contribution in [0.1, 0.15) is 32.0 Å². The summed E-state index contributed by atoms with van der Waals surface area (Å²) in [5.74, 6) is 1.91. The van der Waals surface area contributed by atoms with Crippen LogP contribution in [0.15, 0.2) is 54.6 Å². The van der Waals surface area contributed by atoms with Crippen molar-refractivity contribution in [1.29, 1.82) is 0 Å². The van der Waals surface area contributed by atoms with E-state index in [2.05, 4.69) is 5.32 Å². The first kappa shape index (κ1) is 22.2. The molecule has 1 heterocycles. The monoisotopic (exact) mass is 422 g/mol. The second-order valence-electron chi connectivity index (χ2n) is 7.45. The lowest BCUT2D eigenvalue weighted by atomic mass is 10.2. The molecular formula is C24H30N4O3. The third kappa shape index (κ3) is 5.17. The van der Waals surface area contributed by atoms with Gasteiger partial charge in [-0.25, -0.2) is 9.48 Å². The highest BCUT2D eigenvalue weighted by Crippen LogP contribution is 2.33. The number of aryl methyl sites for hydroxylation is 1. The molecule has 164 valence electrons. The number of aromatic nitrogens is 2. The minimum absolute atomic E-state index is 0.00990. The number of urea groups is 1. The number of benzene rings is 2. The molecule has 0 radical (unpaired) electrons. The molecule has 0 aliphatic carbocycles. The third-order valence-electron chi connectivity index (χ3n) is 4.93. The molecule has 0 aliphatic heterocycles. The molecule has 3 aromatic rings. The van der Waals surface area contributed by atoms with Crippen LogP contribution >= 0.6 is 0 Å². The van der Waals surface area contributed by atoms with E-state index >= 15 is 0 Å². The molecule has 7 nitrogen and oxygen atoms in total. The number of ether oxygens (including phenoxy) is 2. The highest BCUT2D eigenvalue weighted by atomic mass is 16.5. The molecule has 0 saturated carbocycles. The average molecular weight is 423 g/mol. The number of methoxy groups -OCH3 is 1. The zero-order valence-electron chi connectivity index (χ0n) is 18.8. The van der Waals surface area contributed by atoms with Gasteiger partial charge in [0.25, 0.3) is 0 Å². The van der Waals surface area contributed by atoms with Crippen LogP contribution in [-0.2, 0) is 6.54 Å². The Kier molecular flexibility index (Phi) is 7.18. The molecule has 3 rings (SSSR count). The minimum Gasteiger partial charge on any atom is -0.497 e. The summed E-state index contributed by atoms with van der Waals surface area (Å²) in [5, 5.41) is 7.63. The van der Waals surface area contributed by atoms with Gasteiger partial charge in [0, 0.05) is 18.7 Å². The van der Waals surface area contributed by atoms with Crippen molar-refractivity contribution in [2.75, 3.05) is 13.7 Å². The van der Waals surface area contributed by atoms with Crippen LogP contribution in [0.25, 0.3) is 5.69 Å². The number of hydrogen-bond donors (Lipinski definition) is 1. The first-order valence-corrected chi connectivity index (χ1v) is 10.4. The maximum absolute atomic E-state index is 12.7. The molecule has 31 heavy (non-hydrogen) atoms. The molecule has 0 fully saturated rings. The fourth-order valence-electron chi connectivity index (χ4n) is 3.26. The SMILES string of the molecule is CCNC(=O)N(Cc1c(C)nn(-c2ccccc2)c1Oc1cccc(OC)c1)C(C)C. The van der Waals surface area contributed by atoms with Gasteiger partial charge >= 0.3 is 6.03 Å². The summed E-state index contributed by atoms with van der Waals surface area (Å²) < 4.78 is 13.5. The van der Waals surface area contributed by atoms with Crippen molar-refractivity contribution < 1.29 is 14.3 Å². The molecule has 0 saturated heterocycles. The normalized spacial score (nSPS) is 10.8. The molecule has 0 bridgehead atoms. The van der Waals surface area contributed by atoms with Gasteiger partial charge in [-0.1, -0.05) is 24.3 Å². The van der Waals surface area contributed by atoms with Gasteiger partial charge in [-0.2, -0.15) is 5.10 Å². The van der Waals surface area contributed by atoms with E-state index < -0.39 is 0 Å². The van der Waals surface area contributed by atoms with Gasteiger partial charge in [0.1, 0.15) is 11.5 Å². The van der Waals surface area contributed by atoms with E-state index in [0.717, 1.165) is 16.9 Å². The van der Waals surface area contributed by atoms with E-state index in [9.17, 15) is 4.79 Å². The van der Waals surface area contributed by atoms with Crippen molar-refractivity contribution in [3.63, 3.8) is 0 Å². The van der Waals surface area contributed by atoms with Gasteiger partial charge in [-0.15, -0.1) is 0 Å². The quantitative estimate of drug-likeness (QED) is 0.559. The van der Waals surface area contributed by atoms with E-state index in [1.54, 1.807) is 16.7 Å². The maximum atomic E-state index is 12.7. The molecule has 2 amide bonds. The highest BCUT2D eigenvalue weighted by Gasteiger charge is 2.25. The lowest BCUT2D eigenvalue weighted by Crippen LogP contribution is -2.43. The van der Waals surface area contributed by atoms with Crippen LogP contribution in [0, 0.1) is 6.92 Å². The molecule has 0 aliphatic rings. The summed E-state index contributed by atoms with van der Waals surface area (Å²) >= 11 is 0. The molecule has 1 N–H and O–H groups in total. The number of para-hydroxylation sites is 1. The summed E-state index contributed by atoms with van der Waals surface area (Å²) in [7, 11) is 1.62. The average Bonchev–Trinajstić information content (AvgIpc) is 3.07. The first-order valence-electron chi connectivity index (χ1n) is 10.4. The Morgan fingerprint density at radius 1 is 1.13 bits per heavy atom. The number of hydrogen-bond acceptors (Lipinski definition) is 4. The maximum Gasteiger partial charge on any atom is 0.317 e. The zero-order chi connectivity index (χ0) is 22.4. The van der Waals surface area contributed by atoms with Gasteiger partial charge in [0.15, 0.2) is 0 Å². The van der Waals surface area contributed by atoms with Gasteiger partial charge < -0.3 is 19.7 Å². The summed E-state index contributed by atoms with van der Waals surface area (Å²) in [6.07, 6.45) is 0. The summed E-state index contributed by atoms with van der Waals surface area (Å²) in [4.78, 5) is 14.4. The number of carbonyl (C=O) groups is 1. The smallest absolute Gasteiger partial charge is 0.317 e. The van der Waals surface area contributed by atoms with Crippen LogP contribution in [0.2, 0.25) is 0 Å². The Balaban J connectivity index is 2.07. The fraction of sp³-hybridized carbons (Fsp3) is 0.333. The van der Waals surface area contributed by atoms with Crippen molar-refractivity contribution in [2.24, 2.45) is 0 Å². The van der Waals surface area contributed by atoms with E-state index in [1.807, 2.05) is 82.3 Å². The Hall–Kier alpha value is -3.48. The lowest BCUT2D eigenvalue weighted by molar-refractivity contribution is 0.179. The number of rotatable bonds is 8. The van der Waals surface area contributed by atoms with Gasteiger partial charge in [-0.05, 0) is 52.0 Å². The fourth-order valence-corrected chi connectivity index (χ4v) is 3.26. The van der Waals surface area contributed by atoms with Gasteiger partial charge in [0.2, 0.25) is 5.88 Å². The second-order valence-corrected chi connectivity index (χ2v) is 7.45. The van der Waals surface area contributed by atoms with Crippen LogP contribution in [0.3, 0.4) is 0 Å². The second kappa shape index (κ2) is 10.0. The Bertz CT molecular complexity index is 1010. The van der Waals surface area contributed by atoms with Crippen molar-refractivity contribution in [3.8, 4) is 23.1 Å². The predicted molar refractivity (Wildman–Crippen MR) is 121 cm³/mol. The van der Waals surface area contributed by atoms with E-state index in [1.165, 1.54) is 0 Å².